The first-order valence-electron chi connectivity index (χ1n) is 9.64. The molecule has 0 saturated carbocycles. The molecule has 0 saturated heterocycles. The predicted octanol–water partition coefficient (Wildman–Crippen LogP) is 1.62. The van der Waals surface area contributed by atoms with E-state index in [4.69, 9.17) is 0 Å². The minimum absolute atomic E-state index is 0.0163. The second-order valence-electron chi connectivity index (χ2n) is 8.57. The van der Waals surface area contributed by atoms with Gasteiger partial charge in [-0.05, 0) is 23.8 Å². The summed E-state index contributed by atoms with van der Waals surface area (Å²) in [4.78, 5) is 30.0. The largest absolute Gasteiger partial charge is 0.377 e. The van der Waals surface area contributed by atoms with Crippen LogP contribution in [0.3, 0.4) is 0 Å². The minimum atomic E-state index is -0.437. The number of carbonyl (C=O) groups is 2. The fourth-order valence-electron chi connectivity index (χ4n) is 2.77. The summed E-state index contributed by atoms with van der Waals surface area (Å²) < 4.78 is 0. The van der Waals surface area contributed by atoms with Crippen molar-refractivity contribution in [3.8, 4) is 0 Å². The number of carbonyl (C=O) groups excluding carboxylic acids is 2. The summed E-state index contributed by atoms with van der Waals surface area (Å²) in [6.07, 6.45) is 0.436. The summed E-state index contributed by atoms with van der Waals surface area (Å²) in [6.45, 7) is 9.79. The molecule has 0 spiro atoms. The lowest BCUT2D eigenvalue weighted by Gasteiger charge is -2.31. The summed E-state index contributed by atoms with van der Waals surface area (Å²) in [6, 6.07) is 5.89. The quantitative estimate of drug-likeness (QED) is 0.724. The molecule has 152 valence electrons. The first-order chi connectivity index (χ1) is 12.5. The zero-order chi connectivity index (χ0) is 20.8. The van der Waals surface area contributed by atoms with Gasteiger partial charge in [-0.15, -0.1) is 0 Å². The van der Waals surface area contributed by atoms with Gasteiger partial charge in [-0.25, -0.2) is 0 Å². The third-order valence-electron chi connectivity index (χ3n) is 4.34. The van der Waals surface area contributed by atoms with Crippen molar-refractivity contribution < 1.29 is 14.5 Å². The molecule has 0 atom stereocenters. The van der Waals surface area contributed by atoms with Gasteiger partial charge in [0.05, 0.1) is 27.2 Å². The smallest absolute Gasteiger partial charge is 0.228 e. The number of nitrogens with zero attached hydrogens (tertiary/aromatic N) is 2. The molecule has 0 aliphatic heterocycles. The summed E-state index contributed by atoms with van der Waals surface area (Å²) in [7, 11) is 8.16. The van der Waals surface area contributed by atoms with Gasteiger partial charge >= 0.3 is 0 Å². The molecule has 1 aromatic carbocycles. The Bertz CT molecular complexity index is 648. The lowest BCUT2D eigenvalue weighted by molar-refractivity contribution is -0.857. The van der Waals surface area contributed by atoms with Gasteiger partial charge in [0.25, 0.3) is 0 Å². The molecule has 27 heavy (non-hydrogen) atoms. The zero-order valence-electron chi connectivity index (χ0n) is 18.3. The van der Waals surface area contributed by atoms with Crippen LogP contribution in [-0.4, -0.2) is 58.0 Å². The fourth-order valence-corrected chi connectivity index (χ4v) is 2.77. The summed E-state index contributed by atoms with van der Waals surface area (Å²) >= 11 is 0. The highest BCUT2D eigenvalue weighted by Crippen LogP contribution is 2.26. The molecule has 6 nitrogen and oxygen atoms in total. The average Bonchev–Trinajstić information content (AvgIpc) is 2.56. The molecule has 0 radical (unpaired) electrons. The van der Waals surface area contributed by atoms with Crippen molar-refractivity contribution in [2.45, 2.75) is 40.7 Å². The maximum Gasteiger partial charge on any atom is 0.228 e. The van der Waals surface area contributed by atoms with Gasteiger partial charge in [0.2, 0.25) is 11.8 Å². The van der Waals surface area contributed by atoms with Crippen LogP contribution < -0.4 is 15.1 Å². The van der Waals surface area contributed by atoms with Crippen LogP contribution in [0.4, 0.5) is 11.4 Å². The fraction of sp³-hybridized carbons (Fsp3) is 0.619. The molecule has 2 amide bonds. The van der Waals surface area contributed by atoms with Gasteiger partial charge < -0.3 is 20.0 Å². The molecule has 0 bridgehead atoms. The molecule has 0 heterocycles. The van der Waals surface area contributed by atoms with E-state index < -0.39 is 5.41 Å². The highest BCUT2D eigenvalue weighted by atomic mass is 16.2. The minimum Gasteiger partial charge on any atom is -0.377 e. The van der Waals surface area contributed by atoms with E-state index in [1.807, 2.05) is 69.8 Å². The Balaban J connectivity index is 3.21. The van der Waals surface area contributed by atoms with Crippen LogP contribution in [0.1, 0.15) is 39.7 Å². The Morgan fingerprint density at radius 1 is 1.15 bits per heavy atom. The highest BCUT2D eigenvalue weighted by Gasteiger charge is 2.28. The number of quaternary nitrogens is 1. The average molecular weight is 378 g/mol. The third-order valence-corrected chi connectivity index (χ3v) is 4.34. The van der Waals surface area contributed by atoms with Gasteiger partial charge in [0.15, 0.2) is 0 Å². The second-order valence-corrected chi connectivity index (χ2v) is 8.57. The van der Waals surface area contributed by atoms with Gasteiger partial charge in [-0.3, -0.25) is 9.59 Å². The molecule has 1 aromatic rings. The number of hydrogen-bond acceptors (Lipinski definition) is 3. The zero-order valence-corrected chi connectivity index (χ0v) is 18.3. The van der Waals surface area contributed by atoms with Gasteiger partial charge in [0, 0.05) is 43.9 Å². The normalized spacial score (nSPS) is 11.4. The number of hydrogen-bond donors (Lipinski definition) is 2. The van der Waals surface area contributed by atoms with Crippen molar-refractivity contribution in [1.29, 1.82) is 0 Å². The maximum atomic E-state index is 13.0. The molecule has 6 heteroatoms. The SMILES string of the molecule is CCC(=O)Nc1ccc(N(C)C)c(CN(CC[NH+](C)C)C(=O)C(C)(C)C)c1. The van der Waals surface area contributed by atoms with Crippen molar-refractivity contribution in [2.24, 2.45) is 5.41 Å². The van der Waals surface area contributed by atoms with Gasteiger partial charge in [0.1, 0.15) is 0 Å². The highest BCUT2D eigenvalue weighted by molar-refractivity contribution is 5.91. The second kappa shape index (κ2) is 9.74. The van der Waals surface area contributed by atoms with E-state index >= 15 is 0 Å². The van der Waals surface area contributed by atoms with E-state index in [9.17, 15) is 9.59 Å². The van der Waals surface area contributed by atoms with E-state index in [2.05, 4.69) is 19.4 Å². The molecule has 0 aliphatic carbocycles. The van der Waals surface area contributed by atoms with Crippen molar-refractivity contribution in [3.63, 3.8) is 0 Å². The van der Waals surface area contributed by atoms with E-state index in [1.54, 1.807) is 0 Å². The number of benzene rings is 1. The molecular formula is C21H37N4O2+. The van der Waals surface area contributed by atoms with Crippen LogP contribution in [0.2, 0.25) is 0 Å². The number of rotatable bonds is 8. The molecule has 1 rings (SSSR count). The Morgan fingerprint density at radius 3 is 2.26 bits per heavy atom. The molecule has 0 fully saturated rings. The van der Waals surface area contributed by atoms with Gasteiger partial charge in [-0.2, -0.15) is 0 Å². The molecular weight excluding hydrogens is 340 g/mol. The number of anilines is 2. The lowest BCUT2D eigenvalue weighted by Crippen LogP contribution is -3.06. The van der Waals surface area contributed by atoms with Gasteiger partial charge in [-0.1, -0.05) is 27.7 Å². The summed E-state index contributed by atoms with van der Waals surface area (Å²) in [5.74, 6) is 0.119. The van der Waals surface area contributed by atoms with Crippen LogP contribution >= 0.6 is 0 Å². The Morgan fingerprint density at radius 2 is 1.78 bits per heavy atom. The Labute approximate surface area is 164 Å². The van der Waals surface area contributed by atoms with E-state index in [-0.39, 0.29) is 11.8 Å². The van der Waals surface area contributed by atoms with Crippen molar-refractivity contribution >= 4 is 23.2 Å². The summed E-state index contributed by atoms with van der Waals surface area (Å²) in [5, 5.41) is 2.92. The van der Waals surface area contributed by atoms with Crippen LogP contribution in [0, 0.1) is 5.41 Å². The predicted molar refractivity (Wildman–Crippen MR) is 112 cm³/mol. The van der Waals surface area contributed by atoms with Crippen LogP contribution in [0.5, 0.6) is 0 Å². The van der Waals surface area contributed by atoms with Crippen molar-refractivity contribution in [1.82, 2.24) is 4.90 Å². The number of likely N-dealkylation sites (N-methyl/N-ethyl adjacent to an activating group) is 1. The Kier molecular flexibility index (Phi) is 8.28. The van der Waals surface area contributed by atoms with Crippen LogP contribution in [0.25, 0.3) is 0 Å². The summed E-state index contributed by atoms with van der Waals surface area (Å²) in [5.41, 5.74) is 2.41. The molecule has 0 aliphatic rings. The van der Waals surface area contributed by atoms with E-state index in [1.165, 1.54) is 4.90 Å². The topological polar surface area (TPSA) is 57.1 Å². The van der Waals surface area contributed by atoms with E-state index in [0.717, 1.165) is 23.5 Å². The first-order valence-corrected chi connectivity index (χ1v) is 9.64. The van der Waals surface area contributed by atoms with Crippen LogP contribution in [-0.2, 0) is 16.1 Å². The molecule has 0 aromatic heterocycles. The molecule has 2 N–H and O–H groups in total. The Hall–Kier alpha value is -2.08. The maximum absolute atomic E-state index is 13.0. The monoisotopic (exact) mass is 377 g/mol. The standard InChI is InChI=1S/C21H36N4O2/c1-9-19(26)22-17-10-11-18(24(7)8)16(14-17)15-25(13-12-23(5)6)20(27)21(2,3)4/h10-11,14H,9,12-13,15H2,1-8H3,(H,22,26)/p+1. The van der Waals surface area contributed by atoms with E-state index in [0.29, 0.717) is 19.5 Å². The molecule has 0 unspecified atom stereocenters. The number of amides is 2. The number of nitrogens with one attached hydrogen (secondary N) is 2. The lowest BCUT2D eigenvalue weighted by atomic mass is 9.94. The van der Waals surface area contributed by atoms with Crippen molar-refractivity contribution in [2.75, 3.05) is 51.5 Å². The van der Waals surface area contributed by atoms with Crippen LogP contribution in [0.15, 0.2) is 18.2 Å². The first kappa shape index (κ1) is 23.0. The van der Waals surface area contributed by atoms with Crippen molar-refractivity contribution in [3.05, 3.63) is 23.8 Å². The third kappa shape index (κ3) is 7.21.